The van der Waals surface area contributed by atoms with Crippen LogP contribution in [0.1, 0.15) is 51.4 Å². The van der Waals surface area contributed by atoms with Crippen LogP contribution in [-0.2, 0) is 21.4 Å². The average Bonchev–Trinajstić information content (AvgIpc) is 3.12. The highest BCUT2D eigenvalue weighted by atomic mass is 35.5. The van der Waals surface area contributed by atoms with Crippen molar-refractivity contribution >= 4 is 36.4 Å². The molecule has 0 radical (unpaired) electrons. The Hall–Kier alpha value is -1.81. The molecule has 1 aromatic heterocycles. The number of anilines is 1. The standard InChI is InChI=1S/C30H42FN5O2.2ClH/c1-20-14-35(26(13-32-20)17-34-15-21(2)38-22(3)16-34)18-28(37)36-19-30(4,5)29-27(36)11-24(12-33-29)10-23-6-8-25(31)9-7-23;;/h6-9,11-12,20-22,26,32H,10,13-19H2,1-5H3;2*1H/t20-,21-,22+,26-;;/m1../s1. The monoisotopic (exact) mass is 595 g/mol. The van der Waals surface area contributed by atoms with E-state index in [2.05, 4.69) is 55.8 Å². The summed E-state index contributed by atoms with van der Waals surface area (Å²) < 4.78 is 19.3. The van der Waals surface area contributed by atoms with Crippen molar-refractivity contribution in [3.8, 4) is 0 Å². The number of benzene rings is 1. The van der Waals surface area contributed by atoms with Crippen LogP contribution >= 0.6 is 24.8 Å². The molecule has 10 heteroatoms. The first-order valence-corrected chi connectivity index (χ1v) is 14.0. The van der Waals surface area contributed by atoms with Crippen molar-refractivity contribution in [1.82, 2.24) is 20.1 Å². The number of hydrogen-bond donors (Lipinski definition) is 1. The van der Waals surface area contributed by atoms with Crippen molar-refractivity contribution in [2.45, 2.75) is 70.7 Å². The van der Waals surface area contributed by atoms with Crippen LogP contribution in [0.15, 0.2) is 36.5 Å². The van der Waals surface area contributed by atoms with E-state index in [1.165, 1.54) is 12.1 Å². The molecule has 0 saturated carbocycles. The third-order valence-corrected chi connectivity index (χ3v) is 8.06. The molecule has 0 bridgehead atoms. The highest BCUT2D eigenvalue weighted by molar-refractivity contribution is 5.97. The van der Waals surface area contributed by atoms with Gasteiger partial charge in [0, 0.05) is 63.0 Å². The third-order valence-electron chi connectivity index (χ3n) is 8.06. The van der Waals surface area contributed by atoms with Gasteiger partial charge in [-0.15, -0.1) is 24.8 Å². The number of carbonyl (C=O) groups excluding carboxylic acids is 1. The van der Waals surface area contributed by atoms with Gasteiger partial charge in [-0.25, -0.2) is 4.39 Å². The van der Waals surface area contributed by atoms with Crippen LogP contribution in [0.25, 0.3) is 0 Å². The molecular formula is C30H44Cl2FN5O2. The number of fused-ring (bicyclic) bond motifs is 1. The van der Waals surface area contributed by atoms with Gasteiger partial charge in [-0.1, -0.05) is 26.0 Å². The van der Waals surface area contributed by atoms with Crippen LogP contribution in [-0.4, -0.2) is 90.8 Å². The van der Waals surface area contributed by atoms with E-state index in [1.807, 2.05) is 11.1 Å². The molecule has 3 aliphatic rings. The molecule has 1 amide bonds. The number of piperazine rings is 1. The molecule has 0 aliphatic carbocycles. The summed E-state index contributed by atoms with van der Waals surface area (Å²) in [5.41, 5.74) is 3.71. The molecule has 2 fully saturated rings. The van der Waals surface area contributed by atoms with Crippen LogP contribution in [0.5, 0.6) is 0 Å². The van der Waals surface area contributed by atoms with Gasteiger partial charge in [-0.05, 0) is 56.5 Å². The smallest absolute Gasteiger partial charge is 0.241 e. The van der Waals surface area contributed by atoms with Crippen molar-refractivity contribution < 1.29 is 13.9 Å². The first kappa shape index (κ1) is 32.7. The predicted molar refractivity (Wildman–Crippen MR) is 163 cm³/mol. The fourth-order valence-electron chi connectivity index (χ4n) is 6.33. The minimum absolute atomic E-state index is 0. The molecule has 222 valence electrons. The Labute approximate surface area is 250 Å². The molecule has 2 saturated heterocycles. The van der Waals surface area contributed by atoms with E-state index < -0.39 is 0 Å². The van der Waals surface area contributed by atoms with Gasteiger partial charge in [-0.2, -0.15) is 0 Å². The second-order valence-electron chi connectivity index (χ2n) is 12.2. The number of amides is 1. The molecule has 4 atom stereocenters. The number of hydrogen-bond acceptors (Lipinski definition) is 6. The lowest BCUT2D eigenvalue weighted by atomic mass is 9.91. The number of nitrogens with one attached hydrogen (secondary N) is 1. The summed E-state index contributed by atoms with van der Waals surface area (Å²) >= 11 is 0. The molecule has 4 heterocycles. The lowest BCUT2D eigenvalue weighted by molar-refractivity contribution is -0.121. The van der Waals surface area contributed by atoms with Gasteiger partial charge in [-0.3, -0.25) is 19.6 Å². The van der Waals surface area contributed by atoms with Crippen LogP contribution in [0, 0.1) is 5.82 Å². The van der Waals surface area contributed by atoms with Crippen LogP contribution in [0.3, 0.4) is 0 Å². The normalized spacial score (nSPS) is 26.5. The number of ether oxygens (including phenoxy) is 1. The van der Waals surface area contributed by atoms with E-state index in [4.69, 9.17) is 9.72 Å². The maximum atomic E-state index is 13.9. The summed E-state index contributed by atoms with van der Waals surface area (Å²) in [6.07, 6.45) is 3.00. The van der Waals surface area contributed by atoms with Crippen LogP contribution < -0.4 is 10.2 Å². The molecule has 0 unspecified atom stereocenters. The van der Waals surface area contributed by atoms with Gasteiger partial charge < -0.3 is 15.0 Å². The minimum atomic E-state index is -0.238. The summed E-state index contributed by atoms with van der Waals surface area (Å²) in [5, 5.41) is 3.62. The largest absolute Gasteiger partial charge is 0.373 e. The quantitative estimate of drug-likeness (QED) is 0.543. The Morgan fingerprint density at radius 3 is 2.42 bits per heavy atom. The third kappa shape index (κ3) is 7.52. The Bertz CT molecular complexity index is 1140. The number of nitrogens with zero attached hydrogens (tertiary/aromatic N) is 4. The average molecular weight is 597 g/mol. The topological polar surface area (TPSA) is 60.9 Å². The van der Waals surface area contributed by atoms with Crippen LogP contribution in [0.2, 0.25) is 0 Å². The number of pyridine rings is 1. The first-order chi connectivity index (χ1) is 18.1. The molecule has 5 rings (SSSR count). The van der Waals surface area contributed by atoms with Gasteiger partial charge in [0.15, 0.2) is 0 Å². The molecule has 1 N–H and O–H groups in total. The molecule has 2 aromatic rings. The summed E-state index contributed by atoms with van der Waals surface area (Å²) in [5.74, 6) is -0.113. The number of rotatable bonds is 6. The Balaban J connectivity index is 0.00000220. The van der Waals surface area contributed by atoms with Gasteiger partial charge in [0.2, 0.25) is 5.91 Å². The zero-order valence-electron chi connectivity index (χ0n) is 24.2. The van der Waals surface area contributed by atoms with E-state index in [1.54, 1.807) is 12.1 Å². The number of carbonyl (C=O) groups is 1. The van der Waals surface area contributed by atoms with Crippen molar-refractivity contribution in [2.75, 3.05) is 50.7 Å². The van der Waals surface area contributed by atoms with Crippen molar-refractivity contribution in [2.24, 2.45) is 0 Å². The molecule has 3 aliphatic heterocycles. The van der Waals surface area contributed by atoms with Gasteiger partial charge in [0.1, 0.15) is 5.82 Å². The Morgan fingerprint density at radius 2 is 1.75 bits per heavy atom. The molecule has 1 aromatic carbocycles. The fraction of sp³-hybridized carbons (Fsp3) is 0.600. The van der Waals surface area contributed by atoms with Crippen LogP contribution in [0.4, 0.5) is 10.1 Å². The van der Waals surface area contributed by atoms with E-state index >= 15 is 0 Å². The molecular weight excluding hydrogens is 552 g/mol. The van der Waals surface area contributed by atoms with Crippen molar-refractivity contribution in [1.29, 1.82) is 0 Å². The molecule has 0 spiro atoms. The Kier molecular flexibility index (Phi) is 11.0. The van der Waals surface area contributed by atoms with Crippen molar-refractivity contribution in [3.05, 3.63) is 59.2 Å². The number of aromatic nitrogens is 1. The minimum Gasteiger partial charge on any atom is -0.373 e. The number of morpholine rings is 1. The van der Waals surface area contributed by atoms with Gasteiger partial charge in [0.25, 0.3) is 0 Å². The van der Waals surface area contributed by atoms with Gasteiger partial charge in [0.05, 0.1) is 30.1 Å². The maximum absolute atomic E-state index is 13.9. The maximum Gasteiger partial charge on any atom is 0.241 e. The lowest BCUT2D eigenvalue weighted by Gasteiger charge is -2.44. The summed E-state index contributed by atoms with van der Waals surface area (Å²) in [4.78, 5) is 25.5. The second kappa shape index (κ2) is 13.4. The highest BCUT2D eigenvalue weighted by Crippen LogP contribution is 2.39. The molecule has 7 nitrogen and oxygen atoms in total. The second-order valence-corrected chi connectivity index (χ2v) is 12.2. The molecule has 40 heavy (non-hydrogen) atoms. The van der Waals surface area contributed by atoms with Crippen molar-refractivity contribution in [3.63, 3.8) is 0 Å². The van der Waals surface area contributed by atoms with E-state index in [0.29, 0.717) is 25.6 Å². The van der Waals surface area contributed by atoms with E-state index in [9.17, 15) is 9.18 Å². The highest BCUT2D eigenvalue weighted by Gasteiger charge is 2.41. The summed E-state index contributed by atoms with van der Waals surface area (Å²) in [6.45, 7) is 16.3. The number of halogens is 3. The summed E-state index contributed by atoms with van der Waals surface area (Å²) in [7, 11) is 0. The first-order valence-electron chi connectivity index (χ1n) is 14.0. The lowest BCUT2D eigenvalue weighted by Crippen LogP contribution is -2.62. The van der Waals surface area contributed by atoms with E-state index in [0.717, 1.165) is 55.2 Å². The van der Waals surface area contributed by atoms with Gasteiger partial charge >= 0.3 is 0 Å². The van der Waals surface area contributed by atoms with E-state index in [-0.39, 0.29) is 60.2 Å². The zero-order chi connectivity index (χ0) is 27.0. The zero-order valence-corrected chi connectivity index (χ0v) is 25.9. The fourth-order valence-corrected chi connectivity index (χ4v) is 6.33. The summed E-state index contributed by atoms with van der Waals surface area (Å²) in [6, 6.07) is 9.29. The SMILES string of the molecule is C[C@@H]1CN(CC(=O)N2CC(C)(C)c3ncc(Cc4ccc(F)cc4)cc32)[C@@H](CN2C[C@@H](C)O[C@@H](C)C2)CN1.Cl.Cl. The Morgan fingerprint density at radius 1 is 1.07 bits per heavy atom. The predicted octanol–water partition coefficient (Wildman–Crippen LogP) is 4.05.